The van der Waals surface area contributed by atoms with Crippen LogP contribution in [-0.4, -0.2) is 40.7 Å². The summed E-state index contributed by atoms with van der Waals surface area (Å²) >= 11 is 0. The summed E-state index contributed by atoms with van der Waals surface area (Å²) in [5.41, 5.74) is 7.05. The van der Waals surface area contributed by atoms with Crippen LogP contribution in [0.4, 0.5) is 19.1 Å². The van der Waals surface area contributed by atoms with E-state index in [9.17, 15) is 21.6 Å². The Kier molecular flexibility index (Phi) is 4.54. The molecule has 0 saturated heterocycles. The van der Waals surface area contributed by atoms with Crippen molar-refractivity contribution < 1.29 is 21.6 Å². The average Bonchev–Trinajstić information content (AvgIpc) is 2.92. The van der Waals surface area contributed by atoms with Gasteiger partial charge in [0.2, 0.25) is 16.0 Å². The maximum Gasteiger partial charge on any atom is 0.390 e. The molecule has 0 aromatic carbocycles. The molecule has 0 saturated carbocycles. The lowest BCUT2D eigenvalue weighted by Gasteiger charge is -2.09. The van der Waals surface area contributed by atoms with Gasteiger partial charge in [-0.05, 0) is 18.2 Å². The third kappa shape index (κ3) is 4.08. The first kappa shape index (κ1) is 18.1. The van der Waals surface area contributed by atoms with E-state index >= 15 is 0 Å². The Morgan fingerprint density at radius 1 is 1.19 bits per heavy atom. The highest BCUT2D eigenvalue weighted by atomic mass is 32.2. The van der Waals surface area contributed by atoms with Crippen molar-refractivity contribution in [2.75, 3.05) is 12.3 Å². The Hall–Kier alpha value is -2.73. The van der Waals surface area contributed by atoms with Gasteiger partial charge in [-0.1, -0.05) is 0 Å². The molecule has 26 heavy (non-hydrogen) atoms. The predicted octanol–water partition coefficient (Wildman–Crippen LogP) is 1.60. The van der Waals surface area contributed by atoms with Crippen LogP contribution in [0.15, 0.2) is 41.7 Å². The van der Waals surface area contributed by atoms with Gasteiger partial charge in [-0.2, -0.15) is 18.2 Å². The molecule has 0 unspecified atom stereocenters. The minimum atomic E-state index is -4.45. The molecule has 3 rings (SSSR count). The summed E-state index contributed by atoms with van der Waals surface area (Å²) < 4.78 is 64.2. The minimum absolute atomic E-state index is 0.0884. The van der Waals surface area contributed by atoms with Crippen LogP contribution in [0.3, 0.4) is 0 Å². The van der Waals surface area contributed by atoms with Crippen molar-refractivity contribution in [1.29, 1.82) is 0 Å². The zero-order valence-electron chi connectivity index (χ0n) is 13.1. The van der Waals surface area contributed by atoms with E-state index < -0.39 is 29.2 Å². The number of anilines is 1. The van der Waals surface area contributed by atoms with E-state index in [0.29, 0.717) is 16.8 Å². The molecule has 0 amide bonds. The molecule has 3 aromatic rings. The molecule has 3 aromatic heterocycles. The Morgan fingerprint density at radius 3 is 2.69 bits per heavy atom. The summed E-state index contributed by atoms with van der Waals surface area (Å²) in [6.07, 6.45) is -1.63. The third-order valence-corrected chi connectivity index (χ3v) is 4.83. The van der Waals surface area contributed by atoms with Crippen molar-refractivity contribution in [3.05, 3.63) is 36.8 Å². The first-order valence-corrected chi connectivity index (χ1v) is 8.76. The number of alkyl halides is 3. The smallest absolute Gasteiger partial charge is 0.366 e. The zero-order valence-corrected chi connectivity index (χ0v) is 13.9. The average molecular weight is 386 g/mol. The molecule has 138 valence electrons. The van der Waals surface area contributed by atoms with Crippen LogP contribution in [0.1, 0.15) is 6.42 Å². The number of nitrogens with two attached hydrogens (primary N) is 1. The highest BCUT2D eigenvalue weighted by molar-refractivity contribution is 7.89. The minimum Gasteiger partial charge on any atom is -0.366 e. The molecule has 3 heterocycles. The number of fused-ring (bicyclic) bond motifs is 1. The fourth-order valence-electron chi connectivity index (χ4n) is 2.21. The van der Waals surface area contributed by atoms with Crippen molar-refractivity contribution in [2.24, 2.45) is 0 Å². The number of rotatable bonds is 5. The Labute approximate surface area is 145 Å². The van der Waals surface area contributed by atoms with E-state index in [4.69, 9.17) is 5.73 Å². The van der Waals surface area contributed by atoms with Gasteiger partial charge in [0.15, 0.2) is 5.65 Å². The summed E-state index contributed by atoms with van der Waals surface area (Å²) in [6.45, 7) is -0.750. The van der Waals surface area contributed by atoms with Gasteiger partial charge in [0, 0.05) is 36.3 Å². The molecule has 3 N–H and O–H groups in total. The van der Waals surface area contributed by atoms with Gasteiger partial charge in [0.25, 0.3) is 0 Å². The SMILES string of the molecule is Nc1nc2ccc(-c3cncc(S(=O)(=O)NCCC(F)(F)F)c3)cn2n1. The number of halogens is 3. The highest BCUT2D eigenvalue weighted by Gasteiger charge is 2.27. The van der Waals surface area contributed by atoms with Gasteiger partial charge in [0.1, 0.15) is 4.90 Å². The van der Waals surface area contributed by atoms with E-state index in [-0.39, 0.29) is 10.8 Å². The maximum absolute atomic E-state index is 12.2. The zero-order chi connectivity index (χ0) is 18.9. The molecule has 0 aliphatic carbocycles. The van der Waals surface area contributed by atoms with Crippen LogP contribution in [0.25, 0.3) is 16.8 Å². The third-order valence-electron chi connectivity index (χ3n) is 3.40. The molecule has 0 aliphatic rings. The number of aromatic nitrogens is 4. The first-order valence-electron chi connectivity index (χ1n) is 7.28. The molecule has 0 spiro atoms. The topological polar surface area (TPSA) is 115 Å². The molecular formula is C14H13F3N6O2S. The van der Waals surface area contributed by atoms with E-state index in [2.05, 4.69) is 15.1 Å². The number of nitrogens with one attached hydrogen (secondary N) is 1. The molecule has 8 nitrogen and oxygen atoms in total. The molecule has 0 radical (unpaired) electrons. The van der Waals surface area contributed by atoms with Crippen LogP contribution in [0.5, 0.6) is 0 Å². The number of hydrogen-bond acceptors (Lipinski definition) is 6. The summed E-state index contributed by atoms with van der Waals surface area (Å²) in [7, 11) is -4.12. The summed E-state index contributed by atoms with van der Waals surface area (Å²) in [5.74, 6) is 0.0884. The van der Waals surface area contributed by atoms with Crippen molar-refractivity contribution >= 4 is 21.6 Å². The second kappa shape index (κ2) is 6.53. The van der Waals surface area contributed by atoms with Crippen LogP contribution < -0.4 is 10.5 Å². The molecule has 0 bridgehead atoms. The molecule has 0 aliphatic heterocycles. The summed E-state index contributed by atoms with van der Waals surface area (Å²) in [4.78, 5) is 7.59. The van der Waals surface area contributed by atoms with Crippen LogP contribution >= 0.6 is 0 Å². The van der Waals surface area contributed by atoms with Gasteiger partial charge in [-0.3, -0.25) is 4.98 Å². The summed E-state index contributed by atoms with van der Waals surface area (Å²) in [5, 5.41) is 3.96. The van der Waals surface area contributed by atoms with Crippen LogP contribution in [0, 0.1) is 0 Å². The Bertz CT molecular complexity index is 1050. The van der Waals surface area contributed by atoms with Gasteiger partial charge in [-0.25, -0.2) is 17.7 Å². The monoisotopic (exact) mass is 386 g/mol. The lowest BCUT2D eigenvalue weighted by Crippen LogP contribution is -2.28. The lowest BCUT2D eigenvalue weighted by atomic mass is 10.1. The fraction of sp³-hybridized carbons (Fsp3) is 0.214. The molecular weight excluding hydrogens is 373 g/mol. The van der Waals surface area contributed by atoms with E-state index in [0.717, 1.165) is 6.20 Å². The number of sulfonamides is 1. The van der Waals surface area contributed by atoms with Crippen molar-refractivity contribution in [3.63, 3.8) is 0 Å². The standard InChI is InChI=1S/C14H13F3N6O2S/c15-14(16,17)3-4-20-26(24,25)11-5-10(6-19-7-11)9-1-2-12-21-13(18)22-23(12)8-9/h1-2,5-8,20H,3-4H2,(H2,18,22). The van der Waals surface area contributed by atoms with Crippen molar-refractivity contribution in [1.82, 2.24) is 24.3 Å². The summed E-state index contributed by atoms with van der Waals surface area (Å²) in [6, 6.07) is 4.62. The molecule has 12 heteroatoms. The number of nitrogen functional groups attached to an aromatic ring is 1. The second-order valence-corrected chi connectivity index (χ2v) is 7.13. The van der Waals surface area contributed by atoms with E-state index in [1.807, 2.05) is 4.72 Å². The van der Waals surface area contributed by atoms with Crippen LogP contribution in [-0.2, 0) is 10.0 Å². The number of pyridine rings is 2. The first-order chi connectivity index (χ1) is 12.1. The highest BCUT2D eigenvalue weighted by Crippen LogP contribution is 2.22. The van der Waals surface area contributed by atoms with Gasteiger partial charge >= 0.3 is 6.18 Å². The normalized spacial score (nSPS) is 12.6. The lowest BCUT2D eigenvalue weighted by molar-refractivity contribution is -0.132. The quantitative estimate of drug-likeness (QED) is 0.688. The predicted molar refractivity (Wildman–Crippen MR) is 86.5 cm³/mol. The van der Waals surface area contributed by atoms with Crippen molar-refractivity contribution in [3.8, 4) is 11.1 Å². The van der Waals surface area contributed by atoms with Gasteiger partial charge < -0.3 is 5.73 Å². The van der Waals surface area contributed by atoms with Crippen LogP contribution in [0.2, 0.25) is 0 Å². The van der Waals surface area contributed by atoms with E-state index in [1.165, 1.54) is 16.8 Å². The maximum atomic E-state index is 12.2. The van der Waals surface area contributed by atoms with Gasteiger partial charge in [0.05, 0.1) is 6.42 Å². The number of nitrogens with zero attached hydrogens (tertiary/aromatic N) is 4. The molecule has 0 atom stereocenters. The van der Waals surface area contributed by atoms with Crippen molar-refractivity contribution in [2.45, 2.75) is 17.5 Å². The largest absolute Gasteiger partial charge is 0.390 e. The van der Waals surface area contributed by atoms with Gasteiger partial charge in [-0.15, -0.1) is 5.10 Å². The second-order valence-electron chi connectivity index (χ2n) is 5.36. The Balaban J connectivity index is 1.86. The molecule has 0 fully saturated rings. The fourth-order valence-corrected chi connectivity index (χ4v) is 3.22. The van der Waals surface area contributed by atoms with E-state index in [1.54, 1.807) is 18.3 Å². The Morgan fingerprint density at radius 2 is 1.96 bits per heavy atom. The number of hydrogen-bond donors (Lipinski definition) is 2.